The third-order valence-electron chi connectivity index (χ3n) is 6.13. The van der Waals surface area contributed by atoms with Gasteiger partial charge in [0.2, 0.25) is 0 Å². The number of rotatable bonds is 3. The molecule has 4 heteroatoms. The van der Waals surface area contributed by atoms with E-state index in [1.807, 2.05) is 0 Å². The maximum Gasteiger partial charge on any atom is 0.0842 e. The molecule has 0 radical (unpaired) electrons. The van der Waals surface area contributed by atoms with Crippen LogP contribution in [0.3, 0.4) is 0 Å². The van der Waals surface area contributed by atoms with E-state index >= 15 is 0 Å². The molecule has 2 aliphatic heterocycles. The minimum absolute atomic E-state index is 0.0454. The van der Waals surface area contributed by atoms with E-state index in [-0.39, 0.29) is 12.7 Å². The molecule has 5 atom stereocenters. The smallest absolute Gasteiger partial charge is 0.0842 e. The molecule has 3 aliphatic rings. The van der Waals surface area contributed by atoms with Gasteiger partial charge in [0, 0.05) is 49.7 Å². The third-order valence-corrected chi connectivity index (χ3v) is 6.13. The van der Waals surface area contributed by atoms with Crippen molar-refractivity contribution in [3.05, 3.63) is 29.3 Å². The average Bonchev–Trinajstić information content (AvgIpc) is 2.94. The van der Waals surface area contributed by atoms with Crippen LogP contribution in [0.5, 0.6) is 0 Å². The van der Waals surface area contributed by atoms with Crippen molar-refractivity contribution < 1.29 is 9.84 Å². The number of aliphatic hydroxyl groups excluding tert-OH is 1. The van der Waals surface area contributed by atoms with Gasteiger partial charge >= 0.3 is 0 Å². The zero-order chi connectivity index (χ0) is 15.3. The van der Waals surface area contributed by atoms with Gasteiger partial charge in [0.25, 0.3) is 0 Å². The molecule has 22 heavy (non-hydrogen) atoms. The molecule has 2 heterocycles. The molecule has 2 N–H and O–H groups in total. The molecule has 4 rings (SSSR count). The van der Waals surface area contributed by atoms with Gasteiger partial charge in [-0.2, -0.15) is 0 Å². The first kappa shape index (κ1) is 14.5. The maximum absolute atomic E-state index is 9.60. The highest BCUT2D eigenvalue weighted by atomic mass is 16.5. The van der Waals surface area contributed by atoms with Gasteiger partial charge in [0.1, 0.15) is 0 Å². The number of methoxy groups -OCH3 is 1. The second kappa shape index (κ2) is 5.52. The summed E-state index contributed by atoms with van der Waals surface area (Å²) in [5.41, 5.74) is 4.44. The fourth-order valence-electron chi connectivity index (χ4n) is 5.08. The highest BCUT2D eigenvalue weighted by Crippen LogP contribution is 2.51. The predicted molar refractivity (Wildman–Crippen MR) is 87.4 cm³/mol. The Labute approximate surface area is 132 Å². The van der Waals surface area contributed by atoms with E-state index in [4.69, 9.17) is 4.74 Å². The van der Waals surface area contributed by atoms with Crippen LogP contribution in [-0.4, -0.2) is 56.0 Å². The first-order valence-electron chi connectivity index (χ1n) is 8.43. The van der Waals surface area contributed by atoms with Gasteiger partial charge in [-0.1, -0.05) is 12.1 Å². The number of anilines is 1. The highest BCUT2D eigenvalue weighted by Gasteiger charge is 2.45. The first-order chi connectivity index (χ1) is 10.7. The molecular weight excluding hydrogens is 276 g/mol. The quantitative estimate of drug-likeness (QED) is 0.896. The fraction of sp³-hybridized carbons (Fsp3) is 0.667. The van der Waals surface area contributed by atoms with Gasteiger partial charge in [0.05, 0.1) is 12.7 Å². The van der Waals surface area contributed by atoms with Crippen LogP contribution in [-0.2, 0) is 4.74 Å². The van der Waals surface area contributed by atoms with Gasteiger partial charge in [-0.3, -0.25) is 0 Å². The summed E-state index contributed by atoms with van der Waals surface area (Å²) in [4.78, 5) is 2.51. The van der Waals surface area contributed by atoms with Crippen LogP contribution in [0.15, 0.2) is 18.2 Å². The average molecular weight is 302 g/mol. The van der Waals surface area contributed by atoms with Crippen molar-refractivity contribution in [3.8, 4) is 0 Å². The van der Waals surface area contributed by atoms with Gasteiger partial charge in [-0.15, -0.1) is 0 Å². The van der Waals surface area contributed by atoms with Crippen molar-refractivity contribution in [2.75, 3.05) is 39.2 Å². The Morgan fingerprint density at radius 3 is 3.05 bits per heavy atom. The van der Waals surface area contributed by atoms with Gasteiger partial charge < -0.3 is 20.1 Å². The highest BCUT2D eigenvalue weighted by molar-refractivity contribution is 5.63. The number of likely N-dealkylation sites (N-methyl/N-ethyl adjacent to an activating group) is 1. The lowest BCUT2D eigenvalue weighted by molar-refractivity contribution is -0.0329. The van der Waals surface area contributed by atoms with Crippen LogP contribution < -0.4 is 5.32 Å². The Balaban J connectivity index is 1.69. The van der Waals surface area contributed by atoms with E-state index in [0.717, 1.165) is 19.5 Å². The molecule has 1 fully saturated rings. The number of aliphatic hydroxyl groups is 1. The Kier molecular flexibility index (Phi) is 3.63. The molecule has 0 aromatic heterocycles. The van der Waals surface area contributed by atoms with E-state index in [2.05, 4.69) is 35.5 Å². The normalized spacial score (nSPS) is 34.7. The summed E-state index contributed by atoms with van der Waals surface area (Å²) in [5, 5.41) is 13.2. The first-order valence-corrected chi connectivity index (χ1v) is 8.43. The summed E-state index contributed by atoms with van der Waals surface area (Å²) in [6, 6.07) is 7.36. The van der Waals surface area contributed by atoms with E-state index in [0.29, 0.717) is 23.8 Å². The number of nitrogens with zero attached hydrogens (tertiary/aromatic N) is 1. The van der Waals surface area contributed by atoms with Crippen LogP contribution in [0.1, 0.15) is 35.8 Å². The standard InChI is InChI=1S/C18H26N2O2/c1-20-9-12(17(10-21)22-2)6-14-13-4-3-5-15-18(13)11(8-19-15)7-16(14)20/h3-5,11-12,14,16-17,19,21H,6-10H2,1-2H3/t11?,12-,14?,16-,17?/m1/s1. The Bertz CT molecular complexity index is 558. The van der Waals surface area contributed by atoms with Crippen molar-refractivity contribution >= 4 is 5.69 Å². The molecule has 0 saturated carbocycles. The predicted octanol–water partition coefficient (Wildman–Crippen LogP) is 2.01. The molecule has 1 saturated heterocycles. The summed E-state index contributed by atoms with van der Waals surface area (Å²) < 4.78 is 5.52. The molecular formula is C18H26N2O2. The zero-order valence-corrected chi connectivity index (χ0v) is 13.5. The molecule has 1 aliphatic carbocycles. The molecule has 1 aromatic rings. The van der Waals surface area contributed by atoms with Crippen LogP contribution in [0.2, 0.25) is 0 Å². The molecule has 0 spiro atoms. The minimum Gasteiger partial charge on any atom is -0.394 e. The van der Waals surface area contributed by atoms with Crippen molar-refractivity contribution in [2.24, 2.45) is 5.92 Å². The number of benzene rings is 1. The number of hydrogen-bond acceptors (Lipinski definition) is 4. The van der Waals surface area contributed by atoms with Crippen LogP contribution in [0.25, 0.3) is 0 Å². The van der Waals surface area contributed by atoms with E-state index < -0.39 is 0 Å². The summed E-state index contributed by atoms with van der Waals surface area (Å²) in [5.74, 6) is 1.64. The molecule has 1 aromatic carbocycles. The fourth-order valence-corrected chi connectivity index (χ4v) is 5.08. The number of nitrogens with one attached hydrogen (secondary N) is 1. The molecule has 4 nitrogen and oxygen atoms in total. The number of fused-ring (bicyclic) bond motifs is 2. The number of likely N-dealkylation sites (tertiary alicyclic amines) is 1. The molecule has 120 valence electrons. The summed E-state index contributed by atoms with van der Waals surface area (Å²) >= 11 is 0. The lowest BCUT2D eigenvalue weighted by Crippen LogP contribution is -2.51. The van der Waals surface area contributed by atoms with Crippen LogP contribution in [0.4, 0.5) is 5.69 Å². The summed E-state index contributed by atoms with van der Waals surface area (Å²) in [6.45, 7) is 2.23. The molecule has 0 amide bonds. The van der Waals surface area contributed by atoms with Gasteiger partial charge in [-0.05, 0) is 37.1 Å². The Morgan fingerprint density at radius 1 is 1.41 bits per heavy atom. The lowest BCUT2D eigenvalue weighted by Gasteiger charge is -2.48. The maximum atomic E-state index is 9.60. The lowest BCUT2D eigenvalue weighted by atomic mass is 9.68. The number of piperidine rings is 1. The Morgan fingerprint density at radius 2 is 2.27 bits per heavy atom. The van der Waals surface area contributed by atoms with Crippen molar-refractivity contribution in [3.63, 3.8) is 0 Å². The SMILES string of the molecule is COC(CO)[C@@H]1CC2c3cccc4c3C(CN4)C[C@H]2N(C)C1. The second-order valence-corrected chi connectivity index (χ2v) is 7.19. The minimum atomic E-state index is -0.0454. The number of ether oxygens (including phenoxy) is 1. The van der Waals surface area contributed by atoms with Crippen molar-refractivity contribution in [1.29, 1.82) is 0 Å². The van der Waals surface area contributed by atoms with Crippen molar-refractivity contribution in [2.45, 2.75) is 36.8 Å². The van der Waals surface area contributed by atoms with E-state index in [1.54, 1.807) is 12.7 Å². The monoisotopic (exact) mass is 302 g/mol. The second-order valence-electron chi connectivity index (χ2n) is 7.19. The van der Waals surface area contributed by atoms with Crippen LogP contribution >= 0.6 is 0 Å². The number of hydrogen-bond donors (Lipinski definition) is 2. The Hall–Kier alpha value is -1.10. The van der Waals surface area contributed by atoms with Crippen LogP contribution in [0, 0.1) is 5.92 Å². The zero-order valence-electron chi connectivity index (χ0n) is 13.5. The molecule has 3 unspecified atom stereocenters. The van der Waals surface area contributed by atoms with Gasteiger partial charge in [-0.25, -0.2) is 0 Å². The summed E-state index contributed by atoms with van der Waals surface area (Å²) in [6.07, 6.45) is 2.33. The van der Waals surface area contributed by atoms with E-state index in [9.17, 15) is 5.11 Å². The van der Waals surface area contributed by atoms with Crippen molar-refractivity contribution in [1.82, 2.24) is 4.90 Å². The van der Waals surface area contributed by atoms with E-state index in [1.165, 1.54) is 17.7 Å². The summed E-state index contributed by atoms with van der Waals surface area (Å²) in [7, 11) is 3.96. The topological polar surface area (TPSA) is 44.7 Å². The molecule has 0 bridgehead atoms. The third kappa shape index (κ3) is 2.08. The largest absolute Gasteiger partial charge is 0.394 e. The van der Waals surface area contributed by atoms with Gasteiger partial charge in [0.15, 0.2) is 0 Å².